The molecule has 0 bridgehead atoms. The van der Waals surface area contributed by atoms with Crippen LogP contribution in [0.15, 0.2) is 60.7 Å². The molecular formula is C21H12Cl3N3OS2. The highest BCUT2D eigenvalue weighted by Gasteiger charge is 2.15. The monoisotopic (exact) mass is 491 g/mol. The average molecular weight is 493 g/mol. The summed E-state index contributed by atoms with van der Waals surface area (Å²) in [6, 6.07) is 17.7. The Balaban J connectivity index is 1.56. The second kappa shape index (κ2) is 8.88. The van der Waals surface area contributed by atoms with Gasteiger partial charge in [0, 0.05) is 16.1 Å². The fraction of sp³-hybridized carbons (Fsp3) is 0. The molecule has 1 heterocycles. The number of thiocarbonyl (C=S) groups is 1. The molecule has 0 aliphatic heterocycles. The zero-order valence-corrected chi connectivity index (χ0v) is 19.0. The summed E-state index contributed by atoms with van der Waals surface area (Å²) in [6.45, 7) is 0. The van der Waals surface area contributed by atoms with Crippen LogP contribution in [0.2, 0.25) is 15.1 Å². The van der Waals surface area contributed by atoms with Crippen LogP contribution in [0.25, 0.3) is 20.8 Å². The molecule has 1 aromatic heterocycles. The molecule has 0 saturated heterocycles. The molecule has 0 fully saturated rings. The molecule has 30 heavy (non-hydrogen) atoms. The Bertz CT molecular complexity index is 1240. The minimum atomic E-state index is -0.361. The predicted molar refractivity (Wildman–Crippen MR) is 130 cm³/mol. The summed E-state index contributed by atoms with van der Waals surface area (Å²) in [5.41, 5.74) is 2.55. The first-order chi connectivity index (χ1) is 14.4. The quantitative estimate of drug-likeness (QED) is 0.301. The van der Waals surface area contributed by atoms with Crippen molar-refractivity contribution in [2.45, 2.75) is 0 Å². The van der Waals surface area contributed by atoms with Crippen LogP contribution in [0.3, 0.4) is 0 Å². The van der Waals surface area contributed by atoms with Crippen LogP contribution in [0.5, 0.6) is 0 Å². The third kappa shape index (κ3) is 4.58. The molecular weight excluding hydrogens is 481 g/mol. The lowest BCUT2D eigenvalue weighted by Gasteiger charge is -2.13. The van der Waals surface area contributed by atoms with E-state index in [1.807, 2.05) is 24.3 Å². The molecule has 1 amide bonds. The number of anilines is 1. The van der Waals surface area contributed by atoms with Crippen LogP contribution in [0.4, 0.5) is 5.69 Å². The summed E-state index contributed by atoms with van der Waals surface area (Å²) in [6.07, 6.45) is 0. The Morgan fingerprint density at radius 2 is 1.70 bits per heavy atom. The van der Waals surface area contributed by atoms with Crippen LogP contribution in [0, 0.1) is 0 Å². The number of carbonyl (C=O) groups is 1. The minimum Gasteiger partial charge on any atom is -0.331 e. The zero-order chi connectivity index (χ0) is 21.3. The van der Waals surface area contributed by atoms with E-state index in [4.69, 9.17) is 47.0 Å². The van der Waals surface area contributed by atoms with Crippen molar-refractivity contribution in [3.05, 3.63) is 81.3 Å². The molecule has 4 nitrogen and oxygen atoms in total. The Hall–Kier alpha value is -2.22. The van der Waals surface area contributed by atoms with E-state index in [1.165, 1.54) is 11.3 Å². The lowest BCUT2D eigenvalue weighted by Crippen LogP contribution is -2.34. The second-order valence-electron chi connectivity index (χ2n) is 6.21. The Morgan fingerprint density at radius 1 is 0.967 bits per heavy atom. The van der Waals surface area contributed by atoms with Crippen molar-refractivity contribution in [1.29, 1.82) is 0 Å². The number of aromatic nitrogens is 1. The van der Waals surface area contributed by atoms with E-state index in [0.717, 1.165) is 20.8 Å². The topological polar surface area (TPSA) is 54.0 Å². The summed E-state index contributed by atoms with van der Waals surface area (Å²) >= 11 is 25.4. The van der Waals surface area contributed by atoms with Gasteiger partial charge in [-0.15, -0.1) is 11.3 Å². The van der Waals surface area contributed by atoms with Crippen molar-refractivity contribution in [2.24, 2.45) is 0 Å². The molecule has 0 atom stereocenters. The van der Waals surface area contributed by atoms with Crippen molar-refractivity contribution in [2.75, 3.05) is 5.32 Å². The van der Waals surface area contributed by atoms with Gasteiger partial charge in [0.15, 0.2) is 5.11 Å². The van der Waals surface area contributed by atoms with Crippen molar-refractivity contribution >= 4 is 85.3 Å². The highest BCUT2D eigenvalue weighted by Crippen LogP contribution is 2.38. The number of carbonyl (C=O) groups excluding carboxylic acids is 1. The summed E-state index contributed by atoms with van der Waals surface area (Å²) in [5, 5.41) is 7.83. The van der Waals surface area contributed by atoms with E-state index in [-0.39, 0.29) is 11.0 Å². The third-order valence-corrected chi connectivity index (χ3v) is 6.31. The lowest BCUT2D eigenvalue weighted by molar-refractivity contribution is 0.0977. The molecule has 0 spiro atoms. The van der Waals surface area contributed by atoms with Crippen LogP contribution >= 0.6 is 58.4 Å². The van der Waals surface area contributed by atoms with Gasteiger partial charge in [0.25, 0.3) is 5.91 Å². The van der Waals surface area contributed by atoms with Crippen molar-refractivity contribution in [3.8, 4) is 10.6 Å². The summed E-state index contributed by atoms with van der Waals surface area (Å²) in [7, 11) is 0. The van der Waals surface area contributed by atoms with Gasteiger partial charge in [0.05, 0.1) is 25.9 Å². The third-order valence-electron chi connectivity index (χ3n) is 4.16. The van der Waals surface area contributed by atoms with E-state index in [9.17, 15) is 4.79 Å². The fourth-order valence-electron chi connectivity index (χ4n) is 2.73. The number of nitrogens with one attached hydrogen (secondary N) is 2. The molecule has 0 saturated carbocycles. The maximum atomic E-state index is 12.3. The minimum absolute atomic E-state index is 0.106. The SMILES string of the molecule is O=C(NC(=S)Nc1cc(-c2nc3ccccc3s2)c(Cl)cc1Cl)c1ccc(Cl)cc1. The molecule has 4 aromatic rings. The predicted octanol–water partition coefficient (Wildman–Crippen LogP) is 7.05. The first kappa shape index (κ1) is 21.0. The van der Waals surface area contributed by atoms with Gasteiger partial charge < -0.3 is 5.32 Å². The van der Waals surface area contributed by atoms with E-state index in [1.54, 1.807) is 36.4 Å². The largest absolute Gasteiger partial charge is 0.331 e. The normalized spacial score (nSPS) is 10.8. The van der Waals surface area contributed by atoms with Gasteiger partial charge in [0.2, 0.25) is 0 Å². The summed E-state index contributed by atoms with van der Waals surface area (Å²) in [4.78, 5) is 17.0. The smallest absolute Gasteiger partial charge is 0.257 e. The number of nitrogens with zero attached hydrogens (tertiary/aromatic N) is 1. The van der Waals surface area contributed by atoms with Gasteiger partial charge in [-0.05, 0) is 60.7 Å². The average Bonchev–Trinajstić information content (AvgIpc) is 3.14. The number of benzene rings is 3. The molecule has 4 rings (SSSR count). The highest BCUT2D eigenvalue weighted by molar-refractivity contribution is 7.80. The Kier molecular flexibility index (Phi) is 6.22. The van der Waals surface area contributed by atoms with Crippen LogP contribution in [-0.2, 0) is 0 Å². The standard InChI is InChI=1S/C21H12Cl3N3OS2/c22-12-7-5-11(6-8-12)19(28)27-21(29)26-17-9-13(14(23)10-15(17)24)20-25-16-3-1-2-4-18(16)30-20/h1-10H,(H2,26,27,28,29). The Morgan fingerprint density at radius 3 is 2.43 bits per heavy atom. The number of fused-ring (bicyclic) bond motifs is 1. The molecule has 0 aliphatic carbocycles. The van der Waals surface area contributed by atoms with Crippen molar-refractivity contribution < 1.29 is 4.79 Å². The molecule has 150 valence electrons. The van der Waals surface area contributed by atoms with E-state index >= 15 is 0 Å². The van der Waals surface area contributed by atoms with Gasteiger partial charge in [0.1, 0.15) is 5.01 Å². The summed E-state index contributed by atoms with van der Waals surface area (Å²) in [5.74, 6) is -0.361. The number of halogens is 3. The Labute approximate surface area is 196 Å². The zero-order valence-electron chi connectivity index (χ0n) is 15.1. The van der Waals surface area contributed by atoms with Gasteiger partial charge in [-0.1, -0.05) is 46.9 Å². The van der Waals surface area contributed by atoms with Crippen LogP contribution in [-0.4, -0.2) is 16.0 Å². The van der Waals surface area contributed by atoms with Crippen LogP contribution in [0.1, 0.15) is 10.4 Å². The number of para-hydroxylation sites is 1. The van der Waals surface area contributed by atoms with Gasteiger partial charge in [-0.3, -0.25) is 10.1 Å². The lowest BCUT2D eigenvalue weighted by atomic mass is 10.2. The van der Waals surface area contributed by atoms with E-state index < -0.39 is 0 Å². The van der Waals surface area contributed by atoms with Gasteiger partial charge in [-0.2, -0.15) is 0 Å². The van der Waals surface area contributed by atoms with Crippen molar-refractivity contribution in [3.63, 3.8) is 0 Å². The second-order valence-corrected chi connectivity index (χ2v) is 8.90. The highest BCUT2D eigenvalue weighted by atomic mass is 35.5. The number of thiazole rings is 1. The number of amides is 1. The first-order valence-electron chi connectivity index (χ1n) is 8.63. The summed E-state index contributed by atoms with van der Waals surface area (Å²) < 4.78 is 1.05. The molecule has 0 unspecified atom stereocenters. The van der Waals surface area contributed by atoms with Gasteiger partial charge in [-0.25, -0.2) is 4.98 Å². The van der Waals surface area contributed by atoms with Crippen molar-refractivity contribution in [1.82, 2.24) is 10.3 Å². The maximum Gasteiger partial charge on any atom is 0.257 e. The fourth-order valence-corrected chi connectivity index (χ4v) is 4.63. The van der Waals surface area contributed by atoms with Gasteiger partial charge >= 0.3 is 0 Å². The number of rotatable bonds is 3. The molecule has 9 heteroatoms. The number of hydrogen-bond donors (Lipinski definition) is 2. The van der Waals surface area contributed by atoms with E-state index in [2.05, 4.69) is 15.6 Å². The molecule has 2 N–H and O–H groups in total. The van der Waals surface area contributed by atoms with Crippen LogP contribution < -0.4 is 10.6 Å². The molecule has 0 aliphatic rings. The maximum absolute atomic E-state index is 12.3. The van der Waals surface area contributed by atoms with E-state index in [0.29, 0.717) is 26.3 Å². The molecule has 0 radical (unpaired) electrons. The number of hydrogen-bond acceptors (Lipinski definition) is 4. The molecule has 3 aromatic carbocycles. The first-order valence-corrected chi connectivity index (χ1v) is 11.0.